The van der Waals surface area contributed by atoms with Gasteiger partial charge in [-0.1, -0.05) is 24.8 Å². The van der Waals surface area contributed by atoms with E-state index in [2.05, 4.69) is 29.7 Å². The fourth-order valence-electron chi connectivity index (χ4n) is 5.17. The number of ether oxygens (including phenoxy) is 2. The maximum Gasteiger partial charge on any atom is 0.231 e. The van der Waals surface area contributed by atoms with Gasteiger partial charge >= 0.3 is 0 Å². The number of benzene rings is 1. The first kappa shape index (κ1) is 18.1. The molecule has 0 bridgehead atoms. The van der Waals surface area contributed by atoms with Crippen molar-refractivity contribution in [2.24, 2.45) is 0 Å². The van der Waals surface area contributed by atoms with Crippen LogP contribution in [0.3, 0.4) is 0 Å². The van der Waals surface area contributed by atoms with E-state index >= 15 is 0 Å². The Labute approximate surface area is 165 Å². The highest BCUT2D eigenvalue weighted by Gasteiger charge is 2.39. The minimum absolute atomic E-state index is 0.156. The van der Waals surface area contributed by atoms with E-state index in [9.17, 15) is 4.79 Å². The van der Waals surface area contributed by atoms with E-state index in [1.165, 1.54) is 16.6 Å². The van der Waals surface area contributed by atoms with E-state index < -0.39 is 0 Å². The summed E-state index contributed by atoms with van der Waals surface area (Å²) in [5, 5.41) is 1.23. The van der Waals surface area contributed by atoms with Gasteiger partial charge in [0.25, 0.3) is 0 Å². The Balaban J connectivity index is 1.54. The molecule has 2 aromatic rings. The second-order valence-corrected chi connectivity index (χ2v) is 8.06. The van der Waals surface area contributed by atoms with Crippen LogP contribution in [0.5, 0.6) is 0 Å². The van der Waals surface area contributed by atoms with Gasteiger partial charge < -0.3 is 9.47 Å². The quantitative estimate of drug-likeness (QED) is 0.737. The maximum atomic E-state index is 13.0. The highest BCUT2D eigenvalue weighted by molar-refractivity contribution is 5.96. The Kier molecular flexibility index (Phi) is 4.83. The van der Waals surface area contributed by atoms with Gasteiger partial charge in [-0.3, -0.25) is 14.3 Å². The van der Waals surface area contributed by atoms with Crippen molar-refractivity contribution in [2.75, 3.05) is 13.2 Å². The van der Waals surface area contributed by atoms with Crippen LogP contribution in [0.15, 0.2) is 36.9 Å². The molecule has 3 atom stereocenters. The molecule has 5 heteroatoms. The molecule has 28 heavy (non-hydrogen) atoms. The molecule has 148 valence electrons. The van der Waals surface area contributed by atoms with Gasteiger partial charge in [0.1, 0.15) is 6.23 Å². The van der Waals surface area contributed by atoms with Crippen molar-refractivity contribution in [3.8, 4) is 0 Å². The van der Waals surface area contributed by atoms with Crippen molar-refractivity contribution >= 4 is 16.8 Å². The molecule has 5 rings (SSSR count). The number of carbonyl (C=O) groups is 1. The van der Waals surface area contributed by atoms with Crippen LogP contribution in [0.25, 0.3) is 10.9 Å². The topological polar surface area (TPSA) is 43.7 Å². The molecule has 3 aliphatic rings. The van der Waals surface area contributed by atoms with E-state index in [0.717, 1.165) is 57.2 Å². The third kappa shape index (κ3) is 2.93. The summed E-state index contributed by atoms with van der Waals surface area (Å²) in [4.78, 5) is 15.3. The molecule has 1 fully saturated rings. The lowest BCUT2D eigenvalue weighted by atomic mass is 9.94. The van der Waals surface area contributed by atoms with Gasteiger partial charge in [-0.05, 0) is 56.2 Å². The van der Waals surface area contributed by atoms with E-state index in [1.807, 2.05) is 16.7 Å². The number of rotatable bonds is 4. The fourth-order valence-corrected chi connectivity index (χ4v) is 5.17. The smallest absolute Gasteiger partial charge is 0.231 e. The molecule has 0 amide bonds. The van der Waals surface area contributed by atoms with Crippen molar-refractivity contribution < 1.29 is 14.3 Å². The number of carbonyl (C=O) groups excluding carboxylic acids is 1. The lowest BCUT2D eigenvalue weighted by Gasteiger charge is -2.41. The molecule has 0 spiro atoms. The summed E-state index contributed by atoms with van der Waals surface area (Å²) in [5.41, 5.74) is 3.57. The van der Waals surface area contributed by atoms with Crippen LogP contribution in [-0.4, -0.2) is 41.0 Å². The summed E-state index contributed by atoms with van der Waals surface area (Å²) >= 11 is 0. The van der Waals surface area contributed by atoms with Crippen LogP contribution in [0.1, 0.15) is 60.6 Å². The zero-order valence-corrected chi connectivity index (χ0v) is 16.3. The number of nitrogens with zero attached hydrogens (tertiary/aromatic N) is 2. The minimum atomic E-state index is -0.194. The van der Waals surface area contributed by atoms with E-state index in [1.54, 1.807) is 0 Å². The Morgan fingerprint density at radius 2 is 2.07 bits per heavy atom. The normalized spacial score (nSPS) is 26.6. The Hall–Kier alpha value is -1.95. The molecule has 4 heterocycles. The molecule has 0 radical (unpaired) electrons. The average molecular weight is 380 g/mol. The van der Waals surface area contributed by atoms with Gasteiger partial charge in [0, 0.05) is 30.7 Å². The van der Waals surface area contributed by atoms with Gasteiger partial charge in [0.2, 0.25) is 5.91 Å². The van der Waals surface area contributed by atoms with Crippen LogP contribution in [0, 0.1) is 0 Å². The number of hydrogen-bond acceptors (Lipinski definition) is 4. The molecule has 1 aromatic carbocycles. The minimum Gasteiger partial charge on any atom is -0.353 e. The van der Waals surface area contributed by atoms with Crippen molar-refractivity contribution in [3.63, 3.8) is 0 Å². The second-order valence-electron chi connectivity index (χ2n) is 8.06. The zero-order valence-electron chi connectivity index (χ0n) is 16.3. The van der Waals surface area contributed by atoms with Crippen LogP contribution < -0.4 is 0 Å². The lowest BCUT2D eigenvalue weighted by molar-refractivity contribution is -0.213. The lowest BCUT2D eigenvalue weighted by Crippen LogP contribution is -2.45. The first-order chi connectivity index (χ1) is 13.8. The molecule has 0 N–H and O–H groups in total. The van der Waals surface area contributed by atoms with E-state index in [0.29, 0.717) is 6.42 Å². The molecule has 3 unspecified atom stereocenters. The molecular formula is C23H28N2O3. The molecule has 1 aromatic heterocycles. The summed E-state index contributed by atoms with van der Waals surface area (Å²) in [7, 11) is 0. The monoisotopic (exact) mass is 380 g/mol. The fraction of sp³-hybridized carbons (Fsp3) is 0.522. The first-order valence-electron chi connectivity index (χ1n) is 10.6. The number of fused-ring (bicyclic) bond motifs is 3. The van der Waals surface area contributed by atoms with Gasteiger partial charge in [-0.25, -0.2) is 0 Å². The second kappa shape index (κ2) is 7.47. The van der Waals surface area contributed by atoms with Crippen molar-refractivity contribution in [2.45, 2.75) is 63.5 Å². The highest BCUT2D eigenvalue weighted by atomic mass is 16.7. The van der Waals surface area contributed by atoms with E-state index in [-0.39, 0.29) is 24.5 Å². The van der Waals surface area contributed by atoms with Gasteiger partial charge in [0.05, 0.1) is 11.6 Å². The van der Waals surface area contributed by atoms with Gasteiger partial charge in [-0.15, -0.1) is 0 Å². The summed E-state index contributed by atoms with van der Waals surface area (Å²) in [6.07, 6.45) is 8.12. The van der Waals surface area contributed by atoms with E-state index in [4.69, 9.17) is 9.47 Å². The van der Waals surface area contributed by atoms with Crippen LogP contribution in [-0.2, 0) is 15.9 Å². The molecule has 1 saturated heterocycles. The van der Waals surface area contributed by atoms with Gasteiger partial charge in [-0.2, -0.15) is 0 Å². The summed E-state index contributed by atoms with van der Waals surface area (Å²) < 4.78 is 14.1. The molecule has 0 aliphatic carbocycles. The largest absolute Gasteiger partial charge is 0.353 e. The van der Waals surface area contributed by atoms with Gasteiger partial charge in [0.15, 0.2) is 6.29 Å². The molecular weight excluding hydrogens is 352 g/mol. The SMILES string of the molecule is C=CC(OC1CCCCO1)N1CCc2c3n(c4ccccc24)C(=O)CCCC31. The van der Waals surface area contributed by atoms with Crippen LogP contribution in [0.4, 0.5) is 0 Å². The van der Waals surface area contributed by atoms with Crippen LogP contribution in [0.2, 0.25) is 0 Å². The highest BCUT2D eigenvalue weighted by Crippen LogP contribution is 2.42. The summed E-state index contributed by atoms with van der Waals surface area (Å²) in [5.74, 6) is 0.216. The van der Waals surface area contributed by atoms with Crippen molar-refractivity contribution in [3.05, 3.63) is 48.2 Å². The Bertz CT molecular complexity index is 897. The summed E-state index contributed by atoms with van der Waals surface area (Å²) in [6.45, 7) is 5.73. The third-order valence-electron chi connectivity index (χ3n) is 6.43. The first-order valence-corrected chi connectivity index (χ1v) is 10.6. The third-order valence-corrected chi connectivity index (χ3v) is 6.43. The summed E-state index contributed by atoms with van der Waals surface area (Å²) in [6, 6.07) is 8.51. The Morgan fingerprint density at radius 3 is 2.89 bits per heavy atom. The standard InChI is InChI=1S/C23H28N2O3/c1-2-21(28-22-12-5-6-15-27-22)24-14-13-17-16-8-3-4-9-18(16)25-20(26)11-7-10-19(24)23(17)25/h2-4,8-9,19,21-22H,1,5-7,10-15H2. The average Bonchev–Trinajstić information content (AvgIpc) is 2.97. The maximum absolute atomic E-state index is 13.0. The number of hydrogen-bond donors (Lipinski definition) is 0. The number of para-hydroxylation sites is 1. The predicted octanol–water partition coefficient (Wildman–Crippen LogP) is 4.42. The number of aromatic nitrogens is 1. The zero-order chi connectivity index (χ0) is 19.1. The Morgan fingerprint density at radius 1 is 1.18 bits per heavy atom. The predicted molar refractivity (Wildman–Crippen MR) is 108 cm³/mol. The molecule has 3 aliphatic heterocycles. The molecule has 0 saturated carbocycles. The van der Waals surface area contributed by atoms with Crippen molar-refractivity contribution in [1.29, 1.82) is 0 Å². The van der Waals surface area contributed by atoms with Crippen LogP contribution >= 0.6 is 0 Å². The molecule has 5 nitrogen and oxygen atoms in total. The van der Waals surface area contributed by atoms with Crippen molar-refractivity contribution in [1.82, 2.24) is 9.47 Å².